The minimum atomic E-state index is -0.222. The van der Waals surface area contributed by atoms with Crippen molar-refractivity contribution < 1.29 is 9.53 Å². The molecule has 0 bridgehead atoms. The van der Waals surface area contributed by atoms with Crippen LogP contribution in [-0.4, -0.2) is 85.1 Å². The molecule has 2 atom stereocenters. The van der Waals surface area contributed by atoms with E-state index in [9.17, 15) is 4.79 Å². The first-order valence-electron chi connectivity index (χ1n) is 12.3. The van der Waals surface area contributed by atoms with E-state index in [1.165, 1.54) is 36.9 Å². The lowest BCUT2D eigenvalue weighted by Gasteiger charge is -2.37. The van der Waals surface area contributed by atoms with Crippen molar-refractivity contribution in [2.45, 2.75) is 64.3 Å². The Morgan fingerprint density at radius 2 is 1.72 bits per heavy atom. The Bertz CT molecular complexity index is 767. The maximum absolute atomic E-state index is 12.6. The Morgan fingerprint density at radius 3 is 2.38 bits per heavy atom. The SMILES string of the molecule is CN=C(NCc1ccc(CN2CCCCC2C)cc1)N1CCN(C(=O)C2CCCO2)CC1. The van der Waals surface area contributed by atoms with Crippen molar-refractivity contribution in [2.24, 2.45) is 4.99 Å². The van der Waals surface area contributed by atoms with Crippen LogP contribution in [0, 0.1) is 0 Å². The number of piperazine rings is 1. The van der Waals surface area contributed by atoms with Gasteiger partial charge in [0, 0.05) is 59.0 Å². The van der Waals surface area contributed by atoms with Gasteiger partial charge < -0.3 is 19.9 Å². The number of benzene rings is 1. The van der Waals surface area contributed by atoms with Crippen LogP contribution in [0.4, 0.5) is 0 Å². The fourth-order valence-corrected chi connectivity index (χ4v) is 5.02. The number of ether oxygens (including phenoxy) is 1. The summed E-state index contributed by atoms with van der Waals surface area (Å²) in [7, 11) is 1.83. The molecule has 7 heteroatoms. The molecule has 3 fully saturated rings. The van der Waals surface area contributed by atoms with Crippen LogP contribution < -0.4 is 5.32 Å². The van der Waals surface area contributed by atoms with Gasteiger partial charge in [-0.05, 0) is 50.3 Å². The van der Waals surface area contributed by atoms with Crippen LogP contribution in [0.25, 0.3) is 0 Å². The molecule has 2 unspecified atom stereocenters. The van der Waals surface area contributed by atoms with Crippen molar-refractivity contribution in [1.82, 2.24) is 20.0 Å². The summed E-state index contributed by atoms with van der Waals surface area (Å²) in [5.74, 6) is 1.06. The van der Waals surface area contributed by atoms with Gasteiger partial charge in [0.15, 0.2) is 5.96 Å². The van der Waals surface area contributed by atoms with Crippen LogP contribution in [0.15, 0.2) is 29.3 Å². The van der Waals surface area contributed by atoms with Gasteiger partial charge in [0.2, 0.25) is 0 Å². The summed E-state index contributed by atoms with van der Waals surface area (Å²) in [4.78, 5) is 23.8. The molecule has 4 rings (SSSR count). The van der Waals surface area contributed by atoms with Crippen molar-refractivity contribution >= 4 is 11.9 Å². The molecule has 1 aromatic carbocycles. The lowest BCUT2D eigenvalue weighted by molar-refractivity contribution is -0.142. The molecule has 176 valence electrons. The summed E-state index contributed by atoms with van der Waals surface area (Å²) < 4.78 is 5.56. The predicted octanol–water partition coefficient (Wildman–Crippen LogP) is 2.46. The average molecular weight is 442 g/mol. The Balaban J connectivity index is 1.22. The van der Waals surface area contributed by atoms with Crippen LogP contribution in [-0.2, 0) is 22.6 Å². The van der Waals surface area contributed by atoms with Crippen molar-refractivity contribution in [3.8, 4) is 0 Å². The summed E-state index contributed by atoms with van der Waals surface area (Å²) in [6.07, 6.45) is 5.63. The molecule has 0 aromatic heterocycles. The van der Waals surface area contributed by atoms with E-state index in [4.69, 9.17) is 4.74 Å². The lowest BCUT2D eigenvalue weighted by Crippen LogP contribution is -2.55. The zero-order valence-electron chi connectivity index (χ0n) is 19.8. The molecule has 32 heavy (non-hydrogen) atoms. The Kier molecular flexibility index (Phi) is 8.03. The number of nitrogens with zero attached hydrogens (tertiary/aromatic N) is 4. The van der Waals surface area contributed by atoms with Gasteiger partial charge in [-0.1, -0.05) is 30.7 Å². The number of piperidine rings is 1. The second-order valence-corrected chi connectivity index (χ2v) is 9.35. The van der Waals surface area contributed by atoms with E-state index in [1.54, 1.807) is 0 Å². The molecule has 1 aromatic rings. The molecule has 1 N–H and O–H groups in total. The quantitative estimate of drug-likeness (QED) is 0.562. The largest absolute Gasteiger partial charge is 0.368 e. The molecule has 3 aliphatic heterocycles. The number of carbonyl (C=O) groups is 1. The second-order valence-electron chi connectivity index (χ2n) is 9.35. The van der Waals surface area contributed by atoms with Gasteiger partial charge >= 0.3 is 0 Å². The summed E-state index contributed by atoms with van der Waals surface area (Å²) in [6.45, 7) is 9.12. The van der Waals surface area contributed by atoms with E-state index in [2.05, 4.69) is 51.3 Å². The van der Waals surface area contributed by atoms with Crippen LogP contribution in [0.1, 0.15) is 50.2 Å². The summed E-state index contributed by atoms with van der Waals surface area (Å²) in [6, 6.07) is 9.66. The first kappa shape index (κ1) is 23.1. The van der Waals surface area contributed by atoms with E-state index in [0.29, 0.717) is 12.6 Å². The van der Waals surface area contributed by atoms with E-state index in [-0.39, 0.29) is 12.0 Å². The maximum atomic E-state index is 12.6. The van der Waals surface area contributed by atoms with Gasteiger partial charge in [-0.25, -0.2) is 0 Å². The van der Waals surface area contributed by atoms with E-state index in [1.807, 2.05) is 11.9 Å². The number of amides is 1. The Hall–Kier alpha value is -2.12. The second kappa shape index (κ2) is 11.1. The number of guanidine groups is 1. The van der Waals surface area contributed by atoms with Gasteiger partial charge in [0.05, 0.1) is 0 Å². The van der Waals surface area contributed by atoms with Crippen molar-refractivity contribution in [1.29, 1.82) is 0 Å². The normalized spacial score (nSPS) is 25.2. The minimum Gasteiger partial charge on any atom is -0.368 e. The van der Waals surface area contributed by atoms with Crippen molar-refractivity contribution in [3.05, 3.63) is 35.4 Å². The predicted molar refractivity (Wildman–Crippen MR) is 127 cm³/mol. The highest BCUT2D eigenvalue weighted by molar-refractivity contribution is 5.82. The van der Waals surface area contributed by atoms with E-state index >= 15 is 0 Å². The van der Waals surface area contributed by atoms with Crippen molar-refractivity contribution in [3.63, 3.8) is 0 Å². The van der Waals surface area contributed by atoms with Crippen LogP contribution in [0.2, 0.25) is 0 Å². The first-order valence-corrected chi connectivity index (χ1v) is 12.3. The molecule has 3 aliphatic rings. The fraction of sp³-hybridized carbons (Fsp3) is 0.680. The highest BCUT2D eigenvalue weighted by atomic mass is 16.5. The monoisotopic (exact) mass is 441 g/mol. The van der Waals surface area contributed by atoms with Crippen molar-refractivity contribution in [2.75, 3.05) is 46.4 Å². The smallest absolute Gasteiger partial charge is 0.251 e. The average Bonchev–Trinajstić information content (AvgIpc) is 3.37. The van der Waals surface area contributed by atoms with Crippen LogP contribution >= 0.6 is 0 Å². The molecule has 0 saturated carbocycles. The zero-order chi connectivity index (χ0) is 22.3. The third kappa shape index (κ3) is 5.81. The lowest BCUT2D eigenvalue weighted by atomic mass is 10.0. The molecule has 7 nitrogen and oxygen atoms in total. The minimum absolute atomic E-state index is 0.157. The number of aliphatic imine (C=N–C) groups is 1. The highest BCUT2D eigenvalue weighted by Crippen LogP contribution is 2.19. The molecule has 0 radical (unpaired) electrons. The number of carbonyl (C=O) groups excluding carboxylic acids is 1. The van der Waals surface area contributed by atoms with Gasteiger partial charge in [-0.15, -0.1) is 0 Å². The number of hydrogen-bond donors (Lipinski definition) is 1. The first-order chi connectivity index (χ1) is 15.6. The van der Waals surface area contributed by atoms with Gasteiger partial charge in [-0.3, -0.25) is 14.7 Å². The molecular weight excluding hydrogens is 402 g/mol. The summed E-state index contributed by atoms with van der Waals surface area (Å²) in [5, 5.41) is 3.50. The van der Waals surface area contributed by atoms with Gasteiger partial charge in [0.1, 0.15) is 6.10 Å². The maximum Gasteiger partial charge on any atom is 0.251 e. The summed E-state index contributed by atoms with van der Waals surface area (Å²) in [5.41, 5.74) is 2.65. The fourth-order valence-electron chi connectivity index (χ4n) is 5.02. The Morgan fingerprint density at radius 1 is 1.00 bits per heavy atom. The standard InChI is InChI=1S/C25H39N5O2/c1-20-6-3-4-12-30(20)19-22-10-8-21(9-11-22)18-27-25(26-2)29-15-13-28(14-16-29)24(31)23-7-5-17-32-23/h8-11,20,23H,3-7,12-19H2,1-2H3,(H,26,27). The molecular formula is C25H39N5O2. The van der Waals surface area contributed by atoms with Crippen LogP contribution in [0.3, 0.4) is 0 Å². The molecule has 0 aliphatic carbocycles. The topological polar surface area (TPSA) is 60.4 Å². The molecule has 0 spiro atoms. The molecule has 3 saturated heterocycles. The highest BCUT2D eigenvalue weighted by Gasteiger charge is 2.30. The number of likely N-dealkylation sites (tertiary alicyclic amines) is 1. The number of rotatable bonds is 5. The summed E-state index contributed by atoms with van der Waals surface area (Å²) >= 11 is 0. The Labute approximate surface area is 192 Å². The van der Waals surface area contributed by atoms with Crippen LogP contribution in [0.5, 0.6) is 0 Å². The number of hydrogen-bond acceptors (Lipinski definition) is 4. The van der Waals surface area contributed by atoms with E-state index < -0.39 is 0 Å². The molecule has 3 heterocycles. The van der Waals surface area contributed by atoms with Gasteiger partial charge in [0.25, 0.3) is 5.91 Å². The van der Waals surface area contributed by atoms with E-state index in [0.717, 1.165) is 58.1 Å². The van der Waals surface area contributed by atoms with Gasteiger partial charge in [-0.2, -0.15) is 0 Å². The number of nitrogens with one attached hydrogen (secondary N) is 1. The third-order valence-corrected chi connectivity index (χ3v) is 7.11. The zero-order valence-corrected chi connectivity index (χ0v) is 19.8. The third-order valence-electron chi connectivity index (χ3n) is 7.11. The molecule has 1 amide bonds.